The van der Waals surface area contributed by atoms with Crippen molar-refractivity contribution in [3.05, 3.63) is 50.9 Å². The summed E-state index contributed by atoms with van der Waals surface area (Å²) in [4.78, 5) is 19.9. The highest BCUT2D eigenvalue weighted by atomic mass is 32.1. The Kier molecular flexibility index (Phi) is 3.72. The second-order valence-electron chi connectivity index (χ2n) is 6.69. The van der Waals surface area contributed by atoms with Gasteiger partial charge in [0.15, 0.2) is 11.5 Å². The minimum Gasteiger partial charge on any atom is -0.493 e. The van der Waals surface area contributed by atoms with Crippen LogP contribution in [0.15, 0.2) is 29.3 Å². The van der Waals surface area contributed by atoms with Crippen LogP contribution in [0.3, 0.4) is 0 Å². The molecule has 2 aromatic heterocycles. The van der Waals surface area contributed by atoms with Crippen LogP contribution >= 0.6 is 11.3 Å². The summed E-state index contributed by atoms with van der Waals surface area (Å²) in [7, 11) is 1.64. The SMILES string of the molecule is COc1cccc2c1OCC(n1cnc3sc4c(c3c1=O)CCNC4)C2. The van der Waals surface area contributed by atoms with Crippen LogP contribution in [0.4, 0.5) is 0 Å². The van der Waals surface area contributed by atoms with Crippen LogP contribution in [-0.4, -0.2) is 29.8 Å². The van der Waals surface area contributed by atoms with Crippen molar-refractivity contribution in [1.29, 1.82) is 0 Å². The quantitative estimate of drug-likeness (QED) is 0.751. The van der Waals surface area contributed by atoms with E-state index in [0.717, 1.165) is 53.2 Å². The fraction of sp³-hybridized carbons (Fsp3) is 0.368. The number of para-hydroxylation sites is 1. The number of aromatic nitrogens is 2. The van der Waals surface area contributed by atoms with E-state index in [4.69, 9.17) is 9.47 Å². The molecule has 0 fully saturated rings. The summed E-state index contributed by atoms with van der Waals surface area (Å²) in [6, 6.07) is 5.82. The van der Waals surface area contributed by atoms with E-state index in [1.807, 2.05) is 18.2 Å². The molecule has 0 aliphatic carbocycles. The van der Waals surface area contributed by atoms with Crippen molar-refractivity contribution in [2.24, 2.45) is 0 Å². The molecule has 6 nitrogen and oxygen atoms in total. The largest absolute Gasteiger partial charge is 0.493 e. The zero-order valence-electron chi connectivity index (χ0n) is 14.4. The highest BCUT2D eigenvalue weighted by Crippen LogP contribution is 2.37. The summed E-state index contributed by atoms with van der Waals surface area (Å²) in [5.41, 5.74) is 2.29. The molecule has 1 atom stereocenters. The molecule has 2 aliphatic heterocycles. The monoisotopic (exact) mass is 369 g/mol. The number of nitrogens with one attached hydrogen (secondary N) is 1. The molecular formula is C19H19N3O3S. The highest BCUT2D eigenvalue weighted by molar-refractivity contribution is 7.18. The summed E-state index contributed by atoms with van der Waals surface area (Å²) in [6.07, 6.45) is 3.30. The minimum absolute atomic E-state index is 0.0503. The van der Waals surface area contributed by atoms with Gasteiger partial charge in [-0.1, -0.05) is 12.1 Å². The first kappa shape index (κ1) is 15.8. The van der Waals surface area contributed by atoms with Crippen LogP contribution in [0.5, 0.6) is 11.5 Å². The van der Waals surface area contributed by atoms with Gasteiger partial charge in [0.1, 0.15) is 11.4 Å². The third-order valence-corrected chi connectivity index (χ3v) is 6.35. The van der Waals surface area contributed by atoms with Crippen LogP contribution in [0.1, 0.15) is 22.0 Å². The third-order valence-electron chi connectivity index (χ3n) is 5.21. The van der Waals surface area contributed by atoms with E-state index in [9.17, 15) is 4.79 Å². The van der Waals surface area contributed by atoms with E-state index >= 15 is 0 Å². The van der Waals surface area contributed by atoms with Gasteiger partial charge in [-0.05, 0) is 24.6 Å². The van der Waals surface area contributed by atoms with Crippen molar-refractivity contribution in [1.82, 2.24) is 14.9 Å². The minimum atomic E-state index is -0.0590. The van der Waals surface area contributed by atoms with Gasteiger partial charge >= 0.3 is 0 Å². The molecule has 1 aromatic carbocycles. The number of benzene rings is 1. The number of hydrogen-bond donors (Lipinski definition) is 1. The molecule has 0 saturated heterocycles. The lowest BCUT2D eigenvalue weighted by molar-refractivity contribution is 0.211. The standard InChI is InChI=1S/C19H19N3O3S/c1-24-14-4-2-3-11-7-12(9-25-17(11)14)22-10-21-18-16(19(22)23)13-5-6-20-8-15(13)26-18/h2-4,10,12,20H,5-9H2,1H3. The van der Waals surface area contributed by atoms with Crippen molar-refractivity contribution < 1.29 is 9.47 Å². The van der Waals surface area contributed by atoms with Crippen molar-refractivity contribution in [3.63, 3.8) is 0 Å². The van der Waals surface area contributed by atoms with Gasteiger partial charge in [0, 0.05) is 23.4 Å². The maximum atomic E-state index is 13.2. The number of fused-ring (bicyclic) bond motifs is 4. The van der Waals surface area contributed by atoms with Crippen LogP contribution in [0.2, 0.25) is 0 Å². The first-order valence-corrected chi connectivity index (χ1v) is 9.58. The lowest BCUT2D eigenvalue weighted by atomic mass is 10.0. The number of ether oxygens (including phenoxy) is 2. The van der Waals surface area contributed by atoms with Gasteiger partial charge in [-0.25, -0.2) is 4.98 Å². The molecular weight excluding hydrogens is 350 g/mol. The number of methoxy groups -OCH3 is 1. The molecule has 0 bridgehead atoms. The Morgan fingerprint density at radius 3 is 3.23 bits per heavy atom. The van der Waals surface area contributed by atoms with Crippen LogP contribution in [0.25, 0.3) is 10.2 Å². The number of thiophene rings is 1. The predicted molar refractivity (Wildman–Crippen MR) is 101 cm³/mol. The van der Waals surface area contributed by atoms with Crippen LogP contribution in [-0.2, 0) is 19.4 Å². The van der Waals surface area contributed by atoms with E-state index in [1.54, 1.807) is 29.3 Å². The molecule has 0 amide bonds. The van der Waals surface area contributed by atoms with Gasteiger partial charge in [0.25, 0.3) is 5.56 Å². The van der Waals surface area contributed by atoms with Gasteiger partial charge < -0.3 is 14.8 Å². The Morgan fingerprint density at radius 1 is 1.42 bits per heavy atom. The van der Waals surface area contributed by atoms with Gasteiger partial charge in [-0.15, -0.1) is 11.3 Å². The fourth-order valence-electron chi connectivity index (χ4n) is 3.91. The predicted octanol–water partition coefficient (Wildman–Crippen LogP) is 2.29. The lowest BCUT2D eigenvalue weighted by Crippen LogP contribution is -2.33. The molecule has 4 heterocycles. The molecule has 5 rings (SSSR count). The Morgan fingerprint density at radius 2 is 2.35 bits per heavy atom. The zero-order chi connectivity index (χ0) is 17.7. The van der Waals surface area contributed by atoms with Gasteiger partial charge in [0.2, 0.25) is 0 Å². The first-order chi connectivity index (χ1) is 12.8. The zero-order valence-corrected chi connectivity index (χ0v) is 15.3. The smallest absolute Gasteiger partial charge is 0.262 e. The van der Waals surface area contributed by atoms with E-state index in [2.05, 4.69) is 10.3 Å². The van der Waals surface area contributed by atoms with Crippen LogP contribution < -0.4 is 20.3 Å². The first-order valence-electron chi connectivity index (χ1n) is 8.77. The molecule has 134 valence electrons. The van der Waals surface area contributed by atoms with Crippen molar-refractivity contribution >= 4 is 21.6 Å². The topological polar surface area (TPSA) is 65.4 Å². The Bertz CT molecular complexity index is 1060. The number of rotatable bonds is 2. The van der Waals surface area contributed by atoms with Crippen molar-refractivity contribution in [2.75, 3.05) is 20.3 Å². The summed E-state index contributed by atoms with van der Waals surface area (Å²) in [6.45, 7) is 2.18. The van der Waals surface area contributed by atoms with Crippen molar-refractivity contribution in [2.45, 2.75) is 25.4 Å². The molecule has 0 spiro atoms. The van der Waals surface area contributed by atoms with E-state index in [0.29, 0.717) is 6.61 Å². The van der Waals surface area contributed by atoms with Gasteiger partial charge in [-0.2, -0.15) is 0 Å². The number of hydrogen-bond acceptors (Lipinski definition) is 6. The summed E-state index contributed by atoms with van der Waals surface area (Å²) in [5.74, 6) is 1.52. The average Bonchev–Trinajstić information content (AvgIpc) is 3.06. The van der Waals surface area contributed by atoms with E-state index < -0.39 is 0 Å². The van der Waals surface area contributed by atoms with Crippen molar-refractivity contribution in [3.8, 4) is 11.5 Å². The molecule has 0 radical (unpaired) electrons. The van der Waals surface area contributed by atoms with Gasteiger partial charge in [0.05, 0.1) is 24.9 Å². The highest BCUT2D eigenvalue weighted by Gasteiger charge is 2.27. The lowest BCUT2D eigenvalue weighted by Gasteiger charge is -2.27. The summed E-state index contributed by atoms with van der Waals surface area (Å²) < 4.78 is 13.1. The Labute approximate surface area is 154 Å². The number of nitrogens with zero attached hydrogens (tertiary/aromatic N) is 2. The Hall–Kier alpha value is -2.38. The third kappa shape index (κ3) is 2.34. The summed E-state index contributed by atoms with van der Waals surface area (Å²) >= 11 is 1.63. The maximum absolute atomic E-state index is 13.2. The molecule has 26 heavy (non-hydrogen) atoms. The molecule has 3 aromatic rings. The van der Waals surface area contributed by atoms with E-state index in [1.165, 1.54) is 10.4 Å². The summed E-state index contributed by atoms with van der Waals surface area (Å²) in [5, 5.41) is 4.16. The second kappa shape index (κ2) is 6.10. The molecule has 1 N–H and O–H groups in total. The average molecular weight is 369 g/mol. The van der Waals surface area contributed by atoms with Crippen LogP contribution in [0, 0.1) is 0 Å². The van der Waals surface area contributed by atoms with E-state index in [-0.39, 0.29) is 11.6 Å². The molecule has 0 saturated carbocycles. The molecule has 2 aliphatic rings. The van der Waals surface area contributed by atoms with Gasteiger partial charge in [-0.3, -0.25) is 9.36 Å². The fourth-order valence-corrected chi connectivity index (χ4v) is 5.05. The molecule has 1 unspecified atom stereocenters. The normalized spacial score (nSPS) is 18.9. The Balaban J connectivity index is 1.57. The molecule has 7 heteroatoms. The second-order valence-corrected chi connectivity index (χ2v) is 7.77. The maximum Gasteiger partial charge on any atom is 0.262 e.